The maximum atomic E-state index is 12.1. The molecule has 0 aromatic heterocycles. The number of hydrogen-bond acceptors (Lipinski definition) is 3. The van der Waals surface area contributed by atoms with Gasteiger partial charge >= 0.3 is 12.0 Å². The Hall–Kier alpha value is -1.76. The summed E-state index contributed by atoms with van der Waals surface area (Å²) in [5.41, 5.74) is 0.640. The third-order valence-electron chi connectivity index (χ3n) is 3.44. The number of amides is 2. The number of nitrogens with one attached hydrogen (secondary N) is 1. The Kier molecular flexibility index (Phi) is 5.06. The lowest BCUT2D eigenvalue weighted by Crippen LogP contribution is -2.33. The summed E-state index contributed by atoms with van der Waals surface area (Å²) in [5.74, 6) is -0.148. The van der Waals surface area contributed by atoms with Crippen molar-refractivity contribution in [3.05, 3.63) is 22.7 Å². The molecular formula is C14H17BrN2O4. The van der Waals surface area contributed by atoms with Gasteiger partial charge in [-0.1, -0.05) is 0 Å². The Morgan fingerprint density at radius 3 is 2.95 bits per heavy atom. The molecule has 1 fully saturated rings. The van der Waals surface area contributed by atoms with E-state index in [1.807, 2.05) is 0 Å². The van der Waals surface area contributed by atoms with Crippen LogP contribution in [0.3, 0.4) is 0 Å². The molecular weight excluding hydrogens is 340 g/mol. The zero-order valence-corrected chi connectivity index (χ0v) is 13.2. The standard InChI is InChI=1S/C14H17BrN2O4/c1-21-12-7-10(2-3-11(12)15)16-14(20)17-5-4-9(8-17)6-13(18)19/h2-3,7,9H,4-6,8H2,1H3,(H,16,20)(H,18,19). The first-order valence-corrected chi connectivity index (χ1v) is 7.40. The number of hydrogen-bond donors (Lipinski definition) is 2. The molecule has 1 aliphatic rings. The molecule has 0 bridgehead atoms. The summed E-state index contributed by atoms with van der Waals surface area (Å²) in [5, 5.41) is 11.6. The number of carboxylic acids is 1. The first-order valence-electron chi connectivity index (χ1n) is 6.61. The SMILES string of the molecule is COc1cc(NC(=O)N2CCC(CC(=O)O)C2)ccc1Br. The Morgan fingerprint density at radius 2 is 2.29 bits per heavy atom. The molecule has 1 heterocycles. The van der Waals surface area contributed by atoms with Crippen molar-refractivity contribution in [1.82, 2.24) is 4.90 Å². The van der Waals surface area contributed by atoms with Crippen LogP contribution < -0.4 is 10.1 Å². The molecule has 0 spiro atoms. The van der Waals surface area contributed by atoms with E-state index in [9.17, 15) is 9.59 Å². The van der Waals surface area contributed by atoms with Gasteiger partial charge in [0.25, 0.3) is 0 Å². The van der Waals surface area contributed by atoms with E-state index in [0.717, 1.165) is 10.9 Å². The van der Waals surface area contributed by atoms with E-state index in [2.05, 4.69) is 21.2 Å². The predicted molar refractivity (Wildman–Crippen MR) is 81.6 cm³/mol. The molecule has 2 N–H and O–H groups in total. The number of aliphatic carboxylic acids is 1. The van der Waals surface area contributed by atoms with Crippen molar-refractivity contribution in [1.29, 1.82) is 0 Å². The van der Waals surface area contributed by atoms with Crippen molar-refractivity contribution in [2.24, 2.45) is 5.92 Å². The van der Waals surface area contributed by atoms with E-state index in [4.69, 9.17) is 9.84 Å². The fourth-order valence-electron chi connectivity index (χ4n) is 2.37. The maximum Gasteiger partial charge on any atom is 0.321 e. The molecule has 0 aliphatic carbocycles. The monoisotopic (exact) mass is 356 g/mol. The summed E-state index contributed by atoms with van der Waals surface area (Å²) in [6, 6.07) is 5.08. The van der Waals surface area contributed by atoms with E-state index < -0.39 is 5.97 Å². The largest absolute Gasteiger partial charge is 0.495 e. The minimum Gasteiger partial charge on any atom is -0.495 e. The molecule has 1 unspecified atom stereocenters. The zero-order valence-electron chi connectivity index (χ0n) is 11.6. The molecule has 7 heteroatoms. The van der Waals surface area contributed by atoms with Gasteiger partial charge in [-0.2, -0.15) is 0 Å². The fourth-order valence-corrected chi connectivity index (χ4v) is 2.78. The topological polar surface area (TPSA) is 78.9 Å². The Morgan fingerprint density at radius 1 is 1.52 bits per heavy atom. The van der Waals surface area contributed by atoms with Crippen LogP contribution in [0, 0.1) is 5.92 Å². The Balaban J connectivity index is 1.94. The molecule has 1 saturated heterocycles. The molecule has 114 valence electrons. The van der Waals surface area contributed by atoms with Gasteiger partial charge in [0.1, 0.15) is 5.75 Å². The van der Waals surface area contributed by atoms with Gasteiger partial charge < -0.3 is 20.1 Å². The Bertz CT molecular complexity index is 550. The van der Waals surface area contributed by atoms with Crippen LogP contribution in [0.2, 0.25) is 0 Å². The van der Waals surface area contributed by atoms with Crippen LogP contribution in [0.25, 0.3) is 0 Å². The van der Waals surface area contributed by atoms with Crippen LogP contribution in [0.1, 0.15) is 12.8 Å². The average Bonchev–Trinajstić information content (AvgIpc) is 2.88. The summed E-state index contributed by atoms with van der Waals surface area (Å²) in [4.78, 5) is 24.5. The van der Waals surface area contributed by atoms with Gasteiger partial charge in [-0.3, -0.25) is 4.79 Å². The van der Waals surface area contributed by atoms with Crippen molar-refractivity contribution >= 4 is 33.6 Å². The number of halogens is 1. The second-order valence-electron chi connectivity index (χ2n) is 4.98. The number of rotatable bonds is 4. The number of anilines is 1. The van der Waals surface area contributed by atoms with Crippen LogP contribution >= 0.6 is 15.9 Å². The quantitative estimate of drug-likeness (QED) is 0.869. The molecule has 2 amide bonds. The number of carbonyl (C=O) groups excluding carboxylic acids is 1. The van der Waals surface area contributed by atoms with E-state index in [1.165, 1.54) is 0 Å². The van der Waals surface area contributed by atoms with Crippen LogP contribution in [-0.2, 0) is 4.79 Å². The number of urea groups is 1. The van der Waals surface area contributed by atoms with Gasteiger partial charge in [0.2, 0.25) is 0 Å². The number of carboxylic acid groups (broad SMARTS) is 1. The number of methoxy groups -OCH3 is 1. The van der Waals surface area contributed by atoms with Crippen LogP contribution in [-0.4, -0.2) is 42.2 Å². The summed E-state index contributed by atoms with van der Waals surface area (Å²) in [6.45, 7) is 1.06. The van der Waals surface area contributed by atoms with Crippen LogP contribution in [0.4, 0.5) is 10.5 Å². The lowest BCUT2D eigenvalue weighted by molar-refractivity contribution is -0.138. The molecule has 1 aromatic carbocycles. The highest BCUT2D eigenvalue weighted by Gasteiger charge is 2.27. The lowest BCUT2D eigenvalue weighted by atomic mass is 10.1. The van der Waals surface area contributed by atoms with Gasteiger partial charge in [-0.05, 0) is 40.4 Å². The van der Waals surface area contributed by atoms with Gasteiger partial charge in [0, 0.05) is 31.3 Å². The third kappa shape index (κ3) is 4.10. The van der Waals surface area contributed by atoms with Crippen LogP contribution in [0.5, 0.6) is 5.75 Å². The molecule has 1 aromatic rings. The second kappa shape index (κ2) is 6.80. The molecule has 21 heavy (non-hydrogen) atoms. The molecule has 0 radical (unpaired) electrons. The minimum absolute atomic E-state index is 0.0349. The first-order chi connectivity index (χ1) is 9.99. The molecule has 1 aliphatic heterocycles. The van der Waals surface area contributed by atoms with Crippen molar-refractivity contribution < 1.29 is 19.4 Å². The summed E-state index contributed by atoms with van der Waals surface area (Å²) >= 11 is 3.35. The highest BCUT2D eigenvalue weighted by atomic mass is 79.9. The molecule has 1 atom stereocenters. The number of likely N-dealkylation sites (tertiary alicyclic amines) is 1. The Labute approximate surface area is 131 Å². The smallest absolute Gasteiger partial charge is 0.321 e. The third-order valence-corrected chi connectivity index (χ3v) is 4.09. The number of ether oxygens (including phenoxy) is 1. The first kappa shape index (κ1) is 15.6. The van der Waals surface area contributed by atoms with Crippen molar-refractivity contribution in [2.45, 2.75) is 12.8 Å². The average molecular weight is 357 g/mol. The van der Waals surface area contributed by atoms with E-state index >= 15 is 0 Å². The van der Waals surface area contributed by atoms with Crippen LogP contribution in [0.15, 0.2) is 22.7 Å². The lowest BCUT2D eigenvalue weighted by Gasteiger charge is -2.17. The van der Waals surface area contributed by atoms with Gasteiger partial charge in [-0.25, -0.2) is 4.79 Å². The molecule has 6 nitrogen and oxygen atoms in total. The minimum atomic E-state index is -0.820. The normalized spacial score (nSPS) is 17.6. The summed E-state index contributed by atoms with van der Waals surface area (Å²) < 4.78 is 5.99. The van der Waals surface area contributed by atoms with E-state index in [0.29, 0.717) is 24.5 Å². The molecule has 0 saturated carbocycles. The number of nitrogens with zero attached hydrogens (tertiary/aromatic N) is 1. The maximum absolute atomic E-state index is 12.1. The van der Waals surface area contributed by atoms with Gasteiger partial charge in [-0.15, -0.1) is 0 Å². The summed E-state index contributed by atoms with van der Waals surface area (Å²) in [6.07, 6.45) is 0.833. The van der Waals surface area contributed by atoms with Gasteiger partial charge in [0.05, 0.1) is 11.6 Å². The van der Waals surface area contributed by atoms with Crippen molar-refractivity contribution in [3.8, 4) is 5.75 Å². The predicted octanol–water partition coefficient (Wildman–Crippen LogP) is 2.79. The van der Waals surface area contributed by atoms with Crippen molar-refractivity contribution in [3.63, 3.8) is 0 Å². The molecule has 2 rings (SSSR count). The van der Waals surface area contributed by atoms with Crippen molar-refractivity contribution in [2.75, 3.05) is 25.5 Å². The summed E-state index contributed by atoms with van der Waals surface area (Å²) in [7, 11) is 1.56. The van der Waals surface area contributed by atoms with E-state index in [1.54, 1.807) is 30.2 Å². The zero-order chi connectivity index (χ0) is 15.4. The highest BCUT2D eigenvalue weighted by molar-refractivity contribution is 9.10. The van der Waals surface area contributed by atoms with E-state index in [-0.39, 0.29) is 18.4 Å². The highest BCUT2D eigenvalue weighted by Crippen LogP contribution is 2.28. The second-order valence-corrected chi connectivity index (χ2v) is 5.83. The number of benzene rings is 1. The fraction of sp³-hybridized carbons (Fsp3) is 0.429. The number of carbonyl (C=O) groups is 2. The van der Waals surface area contributed by atoms with Gasteiger partial charge in [0.15, 0.2) is 0 Å².